The van der Waals surface area contributed by atoms with Crippen LogP contribution >= 0.6 is 22.9 Å². The van der Waals surface area contributed by atoms with E-state index in [1.807, 2.05) is 44.2 Å². The van der Waals surface area contributed by atoms with Gasteiger partial charge < -0.3 is 14.2 Å². The zero-order valence-electron chi connectivity index (χ0n) is 21.4. The molecule has 1 aromatic heterocycles. The molecule has 7 nitrogen and oxygen atoms in total. The molecule has 0 spiro atoms. The van der Waals surface area contributed by atoms with E-state index in [-0.39, 0.29) is 11.7 Å². The Labute approximate surface area is 224 Å². The number of carbonyl (C=O) groups excluding carboxylic acids is 1. The Morgan fingerprint density at radius 3 is 2.46 bits per heavy atom. The molecule has 0 aliphatic carbocycles. The highest BCUT2D eigenvalue weighted by Gasteiger charge is 2.33. The maximum atomic E-state index is 13.7. The Hall–Kier alpha value is -3.36. The molecule has 9 heteroatoms. The fourth-order valence-electron chi connectivity index (χ4n) is 4.12. The number of fused-ring (bicyclic) bond motifs is 1. The molecule has 0 unspecified atom stereocenters. The van der Waals surface area contributed by atoms with Crippen molar-refractivity contribution >= 4 is 35.0 Å². The first-order valence-electron chi connectivity index (χ1n) is 12.1. The van der Waals surface area contributed by atoms with E-state index in [9.17, 15) is 9.59 Å². The lowest BCUT2D eigenvalue weighted by Crippen LogP contribution is -2.40. The Balaban J connectivity index is 1.87. The largest absolute Gasteiger partial charge is 0.494 e. The van der Waals surface area contributed by atoms with Crippen molar-refractivity contribution < 1.29 is 19.0 Å². The Kier molecular flexibility index (Phi) is 8.19. The molecule has 0 bridgehead atoms. The average molecular weight is 541 g/mol. The lowest BCUT2D eigenvalue weighted by Gasteiger charge is -2.25. The molecule has 1 atom stereocenters. The van der Waals surface area contributed by atoms with Crippen molar-refractivity contribution in [3.63, 3.8) is 0 Å². The molecule has 0 saturated carbocycles. The van der Waals surface area contributed by atoms with Crippen molar-refractivity contribution in [2.75, 3.05) is 13.2 Å². The molecule has 0 radical (unpaired) electrons. The van der Waals surface area contributed by atoms with Crippen LogP contribution in [0.2, 0.25) is 5.02 Å². The van der Waals surface area contributed by atoms with E-state index in [1.54, 1.807) is 43.5 Å². The second-order valence-electron chi connectivity index (χ2n) is 8.66. The molecule has 37 heavy (non-hydrogen) atoms. The first-order chi connectivity index (χ1) is 17.7. The van der Waals surface area contributed by atoms with E-state index in [4.69, 9.17) is 25.8 Å². The molecular formula is C28H29ClN2O5S. The number of thiazole rings is 1. The summed E-state index contributed by atoms with van der Waals surface area (Å²) in [6.07, 6.45) is 1.45. The summed E-state index contributed by atoms with van der Waals surface area (Å²) in [5.74, 6) is 0.794. The zero-order chi connectivity index (χ0) is 26.7. The number of allylic oxidation sites excluding steroid dienone is 1. The van der Waals surface area contributed by atoms with E-state index in [0.717, 1.165) is 11.1 Å². The van der Waals surface area contributed by atoms with Crippen LogP contribution in [0.3, 0.4) is 0 Å². The van der Waals surface area contributed by atoms with Gasteiger partial charge in [-0.3, -0.25) is 9.36 Å². The maximum absolute atomic E-state index is 13.7. The fraction of sp³-hybridized carbons (Fsp3) is 0.321. The lowest BCUT2D eigenvalue weighted by molar-refractivity contribution is -0.143. The van der Waals surface area contributed by atoms with Gasteiger partial charge in [0.1, 0.15) is 11.5 Å². The van der Waals surface area contributed by atoms with Crippen LogP contribution in [0.4, 0.5) is 0 Å². The van der Waals surface area contributed by atoms with Gasteiger partial charge in [-0.25, -0.2) is 9.79 Å². The van der Waals surface area contributed by atoms with Gasteiger partial charge in [0.2, 0.25) is 0 Å². The van der Waals surface area contributed by atoms with E-state index >= 15 is 0 Å². The van der Waals surface area contributed by atoms with Crippen molar-refractivity contribution in [3.8, 4) is 11.5 Å². The van der Waals surface area contributed by atoms with Gasteiger partial charge in [-0.2, -0.15) is 0 Å². The highest BCUT2D eigenvalue weighted by atomic mass is 35.5. The minimum atomic E-state index is -0.691. The Bertz CT molecular complexity index is 1520. The normalized spacial score (nSPS) is 15.4. The molecular weight excluding hydrogens is 512 g/mol. The number of ether oxygens (including phenoxy) is 3. The second kappa shape index (κ2) is 11.4. The molecule has 194 valence electrons. The molecule has 0 saturated heterocycles. The van der Waals surface area contributed by atoms with Crippen LogP contribution in [0.25, 0.3) is 6.08 Å². The lowest BCUT2D eigenvalue weighted by atomic mass is 9.96. The van der Waals surface area contributed by atoms with Crippen molar-refractivity contribution in [2.24, 2.45) is 4.99 Å². The molecule has 0 N–H and O–H groups in total. The van der Waals surface area contributed by atoms with Crippen LogP contribution in [0.5, 0.6) is 11.5 Å². The molecule has 2 aromatic carbocycles. The first-order valence-corrected chi connectivity index (χ1v) is 13.3. The van der Waals surface area contributed by atoms with Gasteiger partial charge in [-0.1, -0.05) is 41.1 Å². The number of carbonyl (C=O) groups is 1. The highest BCUT2D eigenvalue weighted by molar-refractivity contribution is 7.07. The number of nitrogens with zero attached hydrogens (tertiary/aromatic N) is 2. The molecule has 1 aliphatic heterocycles. The summed E-state index contributed by atoms with van der Waals surface area (Å²) in [6, 6.07) is 12.1. The summed E-state index contributed by atoms with van der Waals surface area (Å²) in [6.45, 7) is 10.2. The number of hydrogen-bond donors (Lipinski definition) is 0. The van der Waals surface area contributed by atoms with Crippen molar-refractivity contribution in [3.05, 3.63) is 89.6 Å². The number of halogens is 1. The van der Waals surface area contributed by atoms with E-state index in [2.05, 4.69) is 4.99 Å². The van der Waals surface area contributed by atoms with Crippen LogP contribution in [-0.2, 0) is 9.53 Å². The smallest absolute Gasteiger partial charge is 0.338 e. The molecule has 1 aliphatic rings. The zero-order valence-corrected chi connectivity index (χ0v) is 23.0. The van der Waals surface area contributed by atoms with Gasteiger partial charge in [0, 0.05) is 0 Å². The van der Waals surface area contributed by atoms with Crippen LogP contribution in [-0.4, -0.2) is 29.9 Å². The first kappa shape index (κ1) is 26.7. The van der Waals surface area contributed by atoms with Crippen LogP contribution in [0.15, 0.2) is 63.5 Å². The van der Waals surface area contributed by atoms with Gasteiger partial charge in [0.05, 0.1) is 46.2 Å². The van der Waals surface area contributed by atoms with E-state index in [0.29, 0.717) is 50.3 Å². The molecule has 4 rings (SSSR count). The maximum Gasteiger partial charge on any atom is 0.338 e. The number of rotatable bonds is 8. The third-order valence-electron chi connectivity index (χ3n) is 5.64. The van der Waals surface area contributed by atoms with Gasteiger partial charge in [-0.15, -0.1) is 0 Å². The molecule has 0 fully saturated rings. The number of esters is 1. The Morgan fingerprint density at radius 1 is 1.14 bits per heavy atom. The number of aromatic nitrogens is 1. The third-order valence-corrected chi connectivity index (χ3v) is 6.92. The SMILES string of the molecule is CCOc1ccc([C@@H]2C(C(=O)OC(C)C)=C(C)N=c3s/c(=C/c4ccc(OCC)c(Cl)c4)c(=O)n32)cc1. The number of hydrogen-bond acceptors (Lipinski definition) is 7. The third kappa shape index (κ3) is 5.65. The average Bonchev–Trinajstić information content (AvgIpc) is 3.14. The predicted octanol–water partition coefficient (Wildman–Crippen LogP) is 4.64. The van der Waals surface area contributed by atoms with Crippen molar-refractivity contribution in [2.45, 2.75) is 46.8 Å². The van der Waals surface area contributed by atoms with Gasteiger partial charge in [0.15, 0.2) is 4.80 Å². The topological polar surface area (TPSA) is 79.1 Å². The fourth-order valence-corrected chi connectivity index (χ4v) is 5.41. The van der Waals surface area contributed by atoms with Crippen molar-refractivity contribution in [1.29, 1.82) is 0 Å². The number of benzene rings is 2. The predicted molar refractivity (Wildman–Crippen MR) is 145 cm³/mol. The summed E-state index contributed by atoms with van der Waals surface area (Å²) < 4.78 is 18.7. The van der Waals surface area contributed by atoms with Gasteiger partial charge in [0.25, 0.3) is 5.56 Å². The molecule has 3 aromatic rings. The monoisotopic (exact) mass is 540 g/mol. The minimum absolute atomic E-state index is 0.255. The van der Waals surface area contributed by atoms with Gasteiger partial charge in [-0.05, 0) is 76.1 Å². The van der Waals surface area contributed by atoms with Crippen molar-refractivity contribution in [1.82, 2.24) is 4.57 Å². The summed E-state index contributed by atoms with van der Waals surface area (Å²) in [4.78, 5) is 32.1. The van der Waals surface area contributed by atoms with Crippen LogP contribution < -0.4 is 24.4 Å². The van der Waals surface area contributed by atoms with Crippen LogP contribution in [0.1, 0.15) is 51.8 Å². The second-order valence-corrected chi connectivity index (χ2v) is 10.1. The quantitative estimate of drug-likeness (QED) is 0.389. The highest BCUT2D eigenvalue weighted by Crippen LogP contribution is 2.32. The minimum Gasteiger partial charge on any atom is -0.494 e. The van der Waals surface area contributed by atoms with E-state index in [1.165, 1.54) is 11.3 Å². The van der Waals surface area contributed by atoms with Gasteiger partial charge >= 0.3 is 5.97 Å². The Morgan fingerprint density at radius 2 is 1.84 bits per heavy atom. The summed E-state index contributed by atoms with van der Waals surface area (Å²) in [7, 11) is 0. The summed E-state index contributed by atoms with van der Waals surface area (Å²) >= 11 is 7.62. The summed E-state index contributed by atoms with van der Waals surface area (Å²) in [5, 5.41) is 0.463. The molecule has 0 amide bonds. The summed E-state index contributed by atoms with van der Waals surface area (Å²) in [5.41, 5.74) is 2.11. The standard InChI is InChI=1S/C28H29ClN2O5S/c1-6-34-20-11-9-19(10-12-20)25-24(27(33)36-16(3)4)17(5)30-28-31(25)26(32)23(37-28)15-18-8-13-22(35-7-2)21(29)14-18/h8-16,25H,6-7H2,1-5H3/b23-15+/t25-/m1/s1. The van der Waals surface area contributed by atoms with E-state index < -0.39 is 12.0 Å². The van der Waals surface area contributed by atoms with Crippen LogP contribution in [0, 0.1) is 0 Å². The molecule has 2 heterocycles.